The average molecular weight is 609 g/mol. The Labute approximate surface area is 250 Å². The van der Waals surface area contributed by atoms with Crippen LogP contribution in [0.15, 0.2) is 59.9 Å². The molecule has 4 rings (SSSR count). The Kier molecular flexibility index (Phi) is 9.07. The average Bonchev–Trinajstić information content (AvgIpc) is 3.21. The van der Waals surface area contributed by atoms with Crippen molar-refractivity contribution in [1.82, 2.24) is 19.4 Å². The third-order valence-corrected chi connectivity index (χ3v) is 7.11. The Morgan fingerprint density at radius 3 is 2.30 bits per heavy atom. The molecule has 2 aromatic carbocycles. The fourth-order valence-electron chi connectivity index (χ4n) is 4.80. The summed E-state index contributed by atoms with van der Waals surface area (Å²) in [5.41, 5.74) is 1.08. The highest BCUT2D eigenvalue weighted by Crippen LogP contribution is 2.30. The van der Waals surface area contributed by atoms with E-state index in [9.17, 15) is 32.3 Å². The Morgan fingerprint density at radius 2 is 1.70 bits per heavy atom. The topological polar surface area (TPSA) is 127 Å². The van der Waals surface area contributed by atoms with Crippen molar-refractivity contribution < 1.29 is 27.6 Å². The third kappa shape index (κ3) is 6.26. The van der Waals surface area contributed by atoms with Gasteiger partial charge in [0.2, 0.25) is 11.8 Å². The SMILES string of the molecule is C=CC(=O)Nc1cc(C(=O)NCC)ccc1-n1c(CC)nc2c(c(C)c(C)n2CC(=O)Nc2ccc(C(F)(F)F)cc2)c1=O. The largest absolute Gasteiger partial charge is 0.416 e. The first-order valence-corrected chi connectivity index (χ1v) is 13.7. The molecular formula is C31H31F3N6O4. The molecule has 2 heterocycles. The number of aromatic nitrogens is 3. The summed E-state index contributed by atoms with van der Waals surface area (Å²) in [7, 11) is 0. The number of hydrogen-bond acceptors (Lipinski definition) is 5. The van der Waals surface area contributed by atoms with E-state index in [1.807, 2.05) is 0 Å². The van der Waals surface area contributed by atoms with Gasteiger partial charge in [-0.05, 0) is 74.9 Å². The van der Waals surface area contributed by atoms with E-state index >= 15 is 0 Å². The molecule has 2 aromatic heterocycles. The van der Waals surface area contributed by atoms with E-state index in [2.05, 4.69) is 22.5 Å². The predicted octanol–water partition coefficient (Wildman–Crippen LogP) is 4.90. The molecule has 0 unspecified atom stereocenters. The van der Waals surface area contributed by atoms with E-state index in [1.54, 1.807) is 38.3 Å². The first-order chi connectivity index (χ1) is 20.8. The minimum atomic E-state index is -4.50. The van der Waals surface area contributed by atoms with Crippen molar-refractivity contribution in [1.29, 1.82) is 0 Å². The predicted molar refractivity (Wildman–Crippen MR) is 161 cm³/mol. The van der Waals surface area contributed by atoms with E-state index in [-0.39, 0.29) is 46.1 Å². The van der Waals surface area contributed by atoms with Crippen LogP contribution in [-0.4, -0.2) is 38.4 Å². The van der Waals surface area contributed by atoms with Crippen molar-refractivity contribution in [2.45, 2.75) is 46.8 Å². The van der Waals surface area contributed by atoms with E-state index < -0.39 is 29.1 Å². The highest BCUT2D eigenvalue weighted by Gasteiger charge is 2.30. The molecule has 0 aliphatic rings. The Bertz CT molecular complexity index is 1840. The fraction of sp³-hybridized carbons (Fsp3) is 0.258. The summed E-state index contributed by atoms with van der Waals surface area (Å²) in [5.74, 6) is -1.10. The van der Waals surface area contributed by atoms with Gasteiger partial charge in [0.1, 0.15) is 18.0 Å². The molecule has 10 nitrogen and oxygen atoms in total. The van der Waals surface area contributed by atoms with Crippen molar-refractivity contribution in [3.05, 3.63) is 93.7 Å². The lowest BCUT2D eigenvalue weighted by Crippen LogP contribution is -2.27. The minimum Gasteiger partial charge on any atom is -0.352 e. The Morgan fingerprint density at radius 1 is 1.02 bits per heavy atom. The van der Waals surface area contributed by atoms with Crippen LogP contribution in [-0.2, 0) is 28.7 Å². The number of nitrogens with zero attached hydrogens (tertiary/aromatic N) is 3. The number of aryl methyl sites for hydroxylation is 2. The first kappa shape index (κ1) is 31.7. The molecule has 3 amide bonds. The summed E-state index contributed by atoms with van der Waals surface area (Å²) in [6, 6.07) is 8.64. The highest BCUT2D eigenvalue weighted by molar-refractivity contribution is 6.02. The fourth-order valence-corrected chi connectivity index (χ4v) is 4.80. The van der Waals surface area contributed by atoms with Crippen LogP contribution in [0.5, 0.6) is 0 Å². The molecule has 0 aliphatic carbocycles. The van der Waals surface area contributed by atoms with Gasteiger partial charge in [-0.25, -0.2) is 4.98 Å². The number of amides is 3. The van der Waals surface area contributed by atoms with Gasteiger partial charge in [0, 0.05) is 29.9 Å². The van der Waals surface area contributed by atoms with Crippen LogP contribution < -0.4 is 21.5 Å². The third-order valence-electron chi connectivity index (χ3n) is 7.11. The smallest absolute Gasteiger partial charge is 0.352 e. The molecule has 3 N–H and O–H groups in total. The van der Waals surface area contributed by atoms with Crippen LogP contribution in [0.4, 0.5) is 24.5 Å². The molecular weight excluding hydrogens is 577 g/mol. The maximum absolute atomic E-state index is 14.1. The van der Waals surface area contributed by atoms with Crippen molar-refractivity contribution in [3.8, 4) is 5.69 Å². The van der Waals surface area contributed by atoms with Gasteiger partial charge < -0.3 is 20.5 Å². The molecule has 0 spiro atoms. The van der Waals surface area contributed by atoms with Crippen molar-refractivity contribution in [2.75, 3.05) is 17.2 Å². The van der Waals surface area contributed by atoms with Gasteiger partial charge in [-0.15, -0.1) is 0 Å². The Hall–Kier alpha value is -5.20. The normalized spacial score (nSPS) is 11.3. The maximum atomic E-state index is 14.1. The number of fused-ring (bicyclic) bond motifs is 1. The second-order valence-electron chi connectivity index (χ2n) is 9.93. The second kappa shape index (κ2) is 12.6. The summed E-state index contributed by atoms with van der Waals surface area (Å²) in [4.78, 5) is 56.6. The second-order valence-corrected chi connectivity index (χ2v) is 9.93. The first-order valence-electron chi connectivity index (χ1n) is 13.7. The molecule has 4 aromatic rings. The summed E-state index contributed by atoms with van der Waals surface area (Å²) in [6.45, 7) is 10.6. The molecule has 0 aliphatic heterocycles. The molecule has 13 heteroatoms. The zero-order valence-electron chi connectivity index (χ0n) is 24.6. The van der Waals surface area contributed by atoms with Crippen LogP contribution in [0.3, 0.4) is 0 Å². The van der Waals surface area contributed by atoms with Gasteiger partial charge in [0.25, 0.3) is 11.5 Å². The number of halogens is 3. The Balaban J connectivity index is 1.79. The number of alkyl halides is 3. The van der Waals surface area contributed by atoms with Crippen LogP contribution in [0, 0.1) is 13.8 Å². The van der Waals surface area contributed by atoms with Gasteiger partial charge in [0.15, 0.2) is 0 Å². The lowest BCUT2D eigenvalue weighted by atomic mass is 10.1. The maximum Gasteiger partial charge on any atom is 0.416 e. The van der Waals surface area contributed by atoms with E-state index in [0.717, 1.165) is 18.2 Å². The summed E-state index contributed by atoms with van der Waals surface area (Å²) < 4.78 is 41.7. The lowest BCUT2D eigenvalue weighted by Gasteiger charge is -2.17. The number of carbonyl (C=O) groups is 3. The molecule has 0 bridgehead atoms. The lowest BCUT2D eigenvalue weighted by molar-refractivity contribution is -0.137. The van der Waals surface area contributed by atoms with Crippen molar-refractivity contribution >= 4 is 40.1 Å². The van der Waals surface area contributed by atoms with Crippen LogP contribution >= 0.6 is 0 Å². The van der Waals surface area contributed by atoms with Crippen molar-refractivity contribution in [3.63, 3.8) is 0 Å². The van der Waals surface area contributed by atoms with Gasteiger partial charge in [-0.1, -0.05) is 13.5 Å². The van der Waals surface area contributed by atoms with E-state index in [1.165, 1.54) is 28.8 Å². The van der Waals surface area contributed by atoms with Crippen LogP contribution in [0.2, 0.25) is 0 Å². The van der Waals surface area contributed by atoms with Gasteiger partial charge in [-0.3, -0.25) is 23.7 Å². The number of anilines is 2. The number of benzene rings is 2. The van der Waals surface area contributed by atoms with Crippen LogP contribution in [0.1, 0.15) is 46.9 Å². The molecule has 0 radical (unpaired) electrons. The zero-order chi connectivity index (χ0) is 32.3. The van der Waals surface area contributed by atoms with Gasteiger partial charge in [0.05, 0.1) is 22.3 Å². The zero-order valence-corrected chi connectivity index (χ0v) is 24.6. The number of carbonyl (C=O) groups excluding carboxylic acids is 3. The summed E-state index contributed by atoms with van der Waals surface area (Å²) in [5, 5.41) is 8.20. The van der Waals surface area contributed by atoms with E-state index in [0.29, 0.717) is 30.0 Å². The van der Waals surface area contributed by atoms with Crippen LogP contribution in [0.25, 0.3) is 16.7 Å². The summed E-state index contributed by atoms with van der Waals surface area (Å²) in [6.07, 6.45) is -3.14. The quantitative estimate of drug-likeness (QED) is 0.233. The molecule has 44 heavy (non-hydrogen) atoms. The standard InChI is InChI=1S/C31H31F3N6O4/c1-6-24-38-28-27(17(4)18(5)39(28)16-26(42)36-21-12-10-20(11-13-21)31(32,33)34)30(44)40(24)23-14-9-19(29(43)35-8-3)15-22(23)37-25(41)7-2/h7,9-15H,2,6,8,16H2,1,3-5H3,(H,35,43)(H,36,42)(H,37,41). The molecule has 0 atom stereocenters. The summed E-state index contributed by atoms with van der Waals surface area (Å²) >= 11 is 0. The number of nitrogens with one attached hydrogen (secondary N) is 3. The molecule has 0 saturated carbocycles. The number of hydrogen-bond donors (Lipinski definition) is 3. The molecule has 0 fully saturated rings. The monoisotopic (exact) mass is 608 g/mol. The van der Waals surface area contributed by atoms with Gasteiger partial charge in [-0.2, -0.15) is 13.2 Å². The van der Waals surface area contributed by atoms with E-state index in [4.69, 9.17) is 4.98 Å². The highest BCUT2D eigenvalue weighted by atomic mass is 19.4. The number of rotatable bonds is 9. The van der Waals surface area contributed by atoms with Gasteiger partial charge >= 0.3 is 6.18 Å². The molecule has 0 saturated heterocycles. The van der Waals surface area contributed by atoms with Crippen molar-refractivity contribution in [2.24, 2.45) is 0 Å². The minimum absolute atomic E-state index is 0.184. The molecule has 230 valence electrons.